The van der Waals surface area contributed by atoms with E-state index in [-0.39, 0.29) is 6.03 Å². The van der Waals surface area contributed by atoms with E-state index in [9.17, 15) is 4.79 Å². The SMILES string of the molecule is CN(S)C(=O)NCCSCc1nccnc1Cl. The number of urea groups is 1. The quantitative estimate of drug-likeness (QED) is 0.642. The molecular formula is C9H13ClN4OS2. The highest BCUT2D eigenvalue weighted by molar-refractivity contribution is 7.98. The van der Waals surface area contributed by atoms with Crippen LogP contribution in [-0.4, -0.2) is 39.6 Å². The number of rotatable bonds is 5. The molecule has 0 bridgehead atoms. The van der Waals surface area contributed by atoms with Crippen LogP contribution in [0.15, 0.2) is 12.4 Å². The molecule has 0 saturated carbocycles. The first-order chi connectivity index (χ1) is 8.11. The summed E-state index contributed by atoms with van der Waals surface area (Å²) in [5.41, 5.74) is 0.761. The maximum absolute atomic E-state index is 11.1. The van der Waals surface area contributed by atoms with Gasteiger partial charge in [-0.2, -0.15) is 11.8 Å². The summed E-state index contributed by atoms with van der Waals surface area (Å²) in [5, 5.41) is 3.13. The van der Waals surface area contributed by atoms with Crippen LogP contribution in [0, 0.1) is 0 Å². The van der Waals surface area contributed by atoms with E-state index < -0.39 is 0 Å². The number of carbonyl (C=O) groups excluding carboxylic acids is 1. The first-order valence-corrected chi connectivity index (χ1v) is 6.78. The summed E-state index contributed by atoms with van der Waals surface area (Å²) in [6, 6.07) is -0.216. The smallest absolute Gasteiger partial charge is 0.326 e. The molecule has 1 rings (SSSR count). The molecule has 0 radical (unpaired) electrons. The first-order valence-electron chi connectivity index (χ1n) is 4.85. The Bertz CT molecular complexity index is 378. The summed E-state index contributed by atoms with van der Waals surface area (Å²) < 4.78 is 1.20. The third-order valence-corrected chi connectivity index (χ3v) is 3.25. The molecule has 1 aromatic heterocycles. The average Bonchev–Trinajstić information content (AvgIpc) is 2.30. The van der Waals surface area contributed by atoms with E-state index in [1.54, 1.807) is 31.2 Å². The molecule has 0 fully saturated rings. The van der Waals surface area contributed by atoms with Crippen molar-refractivity contribution >= 4 is 42.2 Å². The number of halogens is 1. The molecule has 0 spiro atoms. The minimum absolute atomic E-state index is 0.216. The van der Waals surface area contributed by atoms with Crippen LogP contribution in [-0.2, 0) is 5.75 Å². The number of carbonyl (C=O) groups is 1. The van der Waals surface area contributed by atoms with Crippen molar-refractivity contribution in [1.82, 2.24) is 19.6 Å². The molecule has 0 aliphatic heterocycles. The van der Waals surface area contributed by atoms with Crippen LogP contribution in [0.1, 0.15) is 5.69 Å². The second kappa shape index (κ2) is 7.62. The molecule has 0 aromatic carbocycles. The highest BCUT2D eigenvalue weighted by Gasteiger charge is 2.04. The molecule has 94 valence electrons. The number of aromatic nitrogens is 2. The van der Waals surface area contributed by atoms with Gasteiger partial charge in [0.25, 0.3) is 0 Å². The van der Waals surface area contributed by atoms with Gasteiger partial charge in [-0.1, -0.05) is 24.4 Å². The number of nitrogens with zero attached hydrogens (tertiary/aromatic N) is 3. The van der Waals surface area contributed by atoms with Crippen molar-refractivity contribution < 1.29 is 4.79 Å². The lowest BCUT2D eigenvalue weighted by Gasteiger charge is -2.10. The van der Waals surface area contributed by atoms with E-state index in [1.165, 1.54) is 4.31 Å². The Balaban J connectivity index is 2.17. The molecule has 0 aliphatic rings. The van der Waals surface area contributed by atoms with Gasteiger partial charge in [-0.3, -0.25) is 9.29 Å². The molecule has 0 saturated heterocycles. The van der Waals surface area contributed by atoms with Gasteiger partial charge in [0.1, 0.15) is 0 Å². The van der Waals surface area contributed by atoms with Crippen molar-refractivity contribution in [1.29, 1.82) is 0 Å². The molecular weight excluding hydrogens is 280 g/mol. The fraction of sp³-hybridized carbons (Fsp3) is 0.444. The summed E-state index contributed by atoms with van der Waals surface area (Å²) in [6.07, 6.45) is 3.17. The number of nitrogens with one attached hydrogen (secondary N) is 1. The lowest BCUT2D eigenvalue weighted by molar-refractivity contribution is 0.231. The van der Waals surface area contributed by atoms with Gasteiger partial charge in [-0.05, 0) is 0 Å². The van der Waals surface area contributed by atoms with Crippen molar-refractivity contribution in [2.45, 2.75) is 5.75 Å². The summed E-state index contributed by atoms with van der Waals surface area (Å²) in [7, 11) is 1.57. The Morgan fingerprint density at radius 1 is 1.59 bits per heavy atom. The zero-order chi connectivity index (χ0) is 12.7. The van der Waals surface area contributed by atoms with Crippen molar-refractivity contribution in [2.75, 3.05) is 19.3 Å². The molecule has 2 amide bonds. The average molecular weight is 293 g/mol. The van der Waals surface area contributed by atoms with E-state index >= 15 is 0 Å². The normalized spacial score (nSPS) is 10.1. The summed E-state index contributed by atoms with van der Waals surface area (Å²) in [6.45, 7) is 0.576. The van der Waals surface area contributed by atoms with Gasteiger partial charge < -0.3 is 5.32 Å². The number of hydrogen-bond donors (Lipinski definition) is 2. The highest BCUT2D eigenvalue weighted by Crippen LogP contribution is 2.15. The molecule has 0 unspecified atom stereocenters. The minimum Gasteiger partial charge on any atom is -0.336 e. The zero-order valence-corrected chi connectivity index (χ0v) is 11.7. The second-order valence-electron chi connectivity index (χ2n) is 3.10. The number of hydrogen-bond acceptors (Lipinski definition) is 5. The van der Waals surface area contributed by atoms with Crippen molar-refractivity contribution in [3.05, 3.63) is 23.2 Å². The molecule has 1 N–H and O–H groups in total. The molecule has 1 aromatic rings. The Labute approximate surface area is 115 Å². The first kappa shape index (κ1) is 14.4. The molecule has 1 heterocycles. The monoisotopic (exact) mass is 292 g/mol. The van der Waals surface area contributed by atoms with E-state index in [0.29, 0.717) is 17.5 Å². The molecule has 5 nitrogen and oxygen atoms in total. The number of thioether (sulfide) groups is 1. The van der Waals surface area contributed by atoms with Crippen LogP contribution in [0.4, 0.5) is 4.79 Å². The minimum atomic E-state index is -0.216. The topological polar surface area (TPSA) is 58.1 Å². The van der Waals surface area contributed by atoms with Crippen LogP contribution in [0.3, 0.4) is 0 Å². The van der Waals surface area contributed by atoms with Crippen molar-refractivity contribution in [2.24, 2.45) is 0 Å². The Morgan fingerprint density at radius 2 is 2.29 bits per heavy atom. The van der Waals surface area contributed by atoms with Gasteiger partial charge in [0.2, 0.25) is 0 Å². The Morgan fingerprint density at radius 3 is 2.94 bits per heavy atom. The van der Waals surface area contributed by atoms with E-state index in [1.807, 2.05) is 0 Å². The highest BCUT2D eigenvalue weighted by atomic mass is 35.5. The second-order valence-corrected chi connectivity index (χ2v) is 5.17. The maximum atomic E-state index is 11.1. The molecule has 17 heavy (non-hydrogen) atoms. The lowest BCUT2D eigenvalue weighted by atomic mass is 10.5. The predicted molar refractivity (Wildman–Crippen MR) is 73.4 cm³/mol. The summed E-state index contributed by atoms with van der Waals surface area (Å²) in [4.78, 5) is 19.2. The van der Waals surface area contributed by atoms with Gasteiger partial charge in [-0.25, -0.2) is 9.78 Å². The number of thiol groups is 1. The standard InChI is InChI=1S/C9H13ClN4OS2/c1-14(16)9(15)13-4-5-17-6-7-8(10)12-3-2-11-7/h2-3,16H,4-6H2,1H3,(H,13,15). The molecule has 0 atom stereocenters. The lowest BCUT2D eigenvalue weighted by Crippen LogP contribution is -2.32. The van der Waals surface area contributed by atoms with Crippen LogP contribution in [0.5, 0.6) is 0 Å². The van der Waals surface area contributed by atoms with E-state index in [0.717, 1.165) is 11.4 Å². The fourth-order valence-electron chi connectivity index (χ4n) is 0.960. The van der Waals surface area contributed by atoms with Gasteiger partial charge in [-0.15, -0.1) is 0 Å². The molecule has 8 heteroatoms. The molecule has 0 aliphatic carbocycles. The third kappa shape index (κ3) is 5.47. The summed E-state index contributed by atoms with van der Waals surface area (Å²) in [5.74, 6) is 1.46. The van der Waals surface area contributed by atoms with Gasteiger partial charge in [0, 0.05) is 37.5 Å². The fourth-order valence-corrected chi connectivity index (χ4v) is 2.08. The van der Waals surface area contributed by atoms with Crippen molar-refractivity contribution in [3.8, 4) is 0 Å². The van der Waals surface area contributed by atoms with Crippen LogP contribution in [0.25, 0.3) is 0 Å². The number of amides is 2. The predicted octanol–water partition coefficient (Wildman–Crippen LogP) is 1.85. The maximum Gasteiger partial charge on any atom is 0.326 e. The largest absolute Gasteiger partial charge is 0.336 e. The van der Waals surface area contributed by atoms with E-state index in [4.69, 9.17) is 11.6 Å². The zero-order valence-electron chi connectivity index (χ0n) is 9.26. The summed E-state index contributed by atoms with van der Waals surface area (Å²) >= 11 is 11.4. The van der Waals surface area contributed by atoms with Gasteiger partial charge in [0.05, 0.1) is 5.69 Å². The van der Waals surface area contributed by atoms with E-state index in [2.05, 4.69) is 28.1 Å². The van der Waals surface area contributed by atoms with Crippen LogP contribution in [0.2, 0.25) is 5.15 Å². The Hall–Kier alpha value is -0.660. The van der Waals surface area contributed by atoms with Gasteiger partial charge in [0.15, 0.2) is 5.15 Å². The Kier molecular flexibility index (Phi) is 6.46. The van der Waals surface area contributed by atoms with Crippen LogP contribution < -0.4 is 5.32 Å². The van der Waals surface area contributed by atoms with Gasteiger partial charge >= 0.3 is 6.03 Å². The van der Waals surface area contributed by atoms with Crippen LogP contribution >= 0.6 is 36.2 Å². The third-order valence-electron chi connectivity index (χ3n) is 1.78. The van der Waals surface area contributed by atoms with Crippen molar-refractivity contribution in [3.63, 3.8) is 0 Å².